The van der Waals surface area contributed by atoms with E-state index in [4.69, 9.17) is 0 Å². The van der Waals surface area contributed by atoms with Gasteiger partial charge < -0.3 is 5.32 Å². The maximum absolute atomic E-state index is 13.2. The zero-order valence-corrected chi connectivity index (χ0v) is 11.4. The number of aromatic nitrogens is 1. The van der Waals surface area contributed by atoms with Gasteiger partial charge in [-0.3, -0.25) is 4.98 Å². The summed E-state index contributed by atoms with van der Waals surface area (Å²) < 4.78 is 13.2. The molecule has 0 aliphatic rings. The molecule has 100 valence electrons. The minimum absolute atomic E-state index is 0.182. The van der Waals surface area contributed by atoms with Crippen LogP contribution in [0.15, 0.2) is 42.6 Å². The Hall–Kier alpha value is -1.74. The summed E-state index contributed by atoms with van der Waals surface area (Å²) in [5, 5.41) is 3.44. The van der Waals surface area contributed by atoms with Gasteiger partial charge in [-0.05, 0) is 55.3 Å². The van der Waals surface area contributed by atoms with E-state index >= 15 is 0 Å². The highest BCUT2D eigenvalue weighted by Gasteiger charge is 2.11. The second-order valence-electron chi connectivity index (χ2n) is 4.67. The Kier molecular flexibility index (Phi) is 4.63. The van der Waals surface area contributed by atoms with Crippen LogP contribution in [0.3, 0.4) is 0 Å². The van der Waals surface area contributed by atoms with Crippen LogP contribution < -0.4 is 5.32 Å². The van der Waals surface area contributed by atoms with Gasteiger partial charge in [0.05, 0.1) is 0 Å². The number of hydrogen-bond donors (Lipinski definition) is 1. The summed E-state index contributed by atoms with van der Waals surface area (Å²) in [6.45, 7) is 4.93. The highest BCUT2D eigenvalue weighted by molar-refractivity contribution is 5.24. The van der Waals surface area contributed by atoms with Crippen molar-refractivity contribution in [3.8, 4) is 0 Å². The van der Waals surface area contributed by atoms with Crippen molar-refractivity contribution in [2.24, 2.45) is 0 Å². The number of pyridine rings is 1. The molecule has 0 saturated heterocycles. The highest BCUT2D eigenvalue weighted by atomic mass is 19.1. The molecule has 1 atom stereocenters. The average molecular weight is 258 g/mol. The van der Waals surface area contributed by atoms with Gasteiger partial charge in [-0.2, -0.15) is 0 Å². The molecule has 0 aliphatic heterocycles. The molecule has 0 saturated carbocycles. The summed E-state index contributed by atoms with van der Waals surface area (Å²) in [6.07, 6.45) is 2.59. The number of nitrogens with one attached hydrogen (secondary N) is 1. The summed E-state index contributed by atoms with van der Waals surface area (Å²) in [5.74, 6) is -0.182. The molecule has 2 nitrogen and oxygen atoms in total. The Balaban J connectivity index is 2.21. The molecule has 0 fully saturated rings. The number of hydrogen-bond acceptors (Lipinski definition) is 2. The first-order valence-corrected chi connectivity index (χ1v) is 6.59. The summed E-state index contributed by atoms with van der Waals surface area (Å²) in [5.41, 5.74) is 3.19. The molecule has 1 heterocycles. The van der Waals surface area contributed by atoms with Crippen LogP contribution >= 0.6 is 0 Å². The Morgan fingerprint density at radius 3 is 2.79 bits per heavy atom. The molecule has 0 bridgehead atoms. The van der Waals surface area contributed by atoms with E-state index in [1.165, 1.54) is 11.6 Å². The fourth-order valence-corrected chi connectivity index (χ4v) is 2.24. The van der Waals surface area contributed by atoms with Crippen LogP contribution in [0.2, 0.25) is 0 Å². The zero-order valence-electron chi connectivity index (χ0n) is 11.4. The maximum Gasteiger partial charge on any atom is 0.123 e. The van der Waals surface area contributed by atoms with Gasteiger partial charge in [-0.1, -0.05) is 19.1 Å². The molecule has 3 heteroatoms. The molecule has 0 aliphatic carbocycles. The van der Waals surface area contributed by atoms with Crippen LogP contribution in [0, 0.1) is 12.7 Å². The molecular formula is C16H19FN2. The second kappa shape index (κ2) is 6.43. The van der Waals surface area contributed by atoms with E-state index < -0.39 is 0 Å². The Bertz CT molecular complexity index is 540. The topological polar surface area (TPSA) is 24.9 Å². The van der Waals surface area contributed by atoms with E-state index in [9.17, 15) is 4.39 Å². The third-order valence-corrected chi connectivity index (χ3v) is 3.10. The highest BCUT2D eigenvalue weighted by Crippen LogP contribution is 2.19. The zero-order chi connectivity index (χ0) is 13.7. The van der Waals surface area contributed by atoms with Crippen molar-refractivity contribution < 1.29 is 4.39 Å². The van der Waals surface area contributed by atoms with Gasteiger partial charge in [0.15, 0.2) is 0 Å². The molecule has 2 aromatic rings. The SMILES string of the molecule is CCNC(Cc1cccc(F)c1)c1ccnc(C)c1. The third kappa shape index (κ3) is 3.86. The van der Waals surface area contributed by atoms with Crippen molar-refractivity contribution in [2.75, 3.05) is 6.54 Å². The van der Waals surface area contributed by atoms with Gasteiger partial charge >= 0.3 is 0 Å². The van der Waals surface area contributed by atoms with Crippen LogP contribution in [-0.4, -0.2) is 11.5 Å². The van der Waals surface area contributed by atoms with Crippen molar-refractivity contribution in [2.45, 2.75) is 26.3 Å². The fraction of sp³-hybridized carbons (Fsp3) is 0.312. The standard InChI is InChI=1S/C16H19FN2/c1-3-18-16(14-7-8-19-12(2)9-14)11-13-5-4-6-15(17)10-13/h4-10,16,18H,3,11H2,1-2H3. The van der Waals surface area contributed by atoms with Crippen molar-refractivity contribution >= 4 is 0 Å². The van der Waals surface area contributed by atoms with Crippen molar-refractivity contribution in [1.29, 1.82) is 0 Å². The van der Waals surface area contributed by atoms with Gasteiger partial charge in [0.25, 0.3) is 0 Å². The number of likely N-dealkylation sites (N-methyl/N-ethyl adjacent to an activating group) is 1. The Labute approximate surface area is 113 Å². The summed E-state index contributed by atoms with van der Waals surface area (Å²) >= 11 is 0. The molecule has 2 rings (SSSR count). The molecular weight excluding hydrogens is 239 g/mol. The first-order chi connectivity index (χ1) is 9.19. The number of nitrogens with zero attached hydrogens (tertiary/aromatic N) is 1. The van der Waals surface area contributed by atoms with Gasteiger partial charge in [0.1, 0.15) is 5.82 Å². The molecule has 1 aromatic heterocycles. The van der Waals surface area contributed by atoms with Crippen molar-refractivity contribution in [1.82, 2.24) is 10.3 Å². The number of rotatable bonds is 5. The number of aryl methyl sites for hydroxylation is 1. The molecule has 1 aromatic carbocycles. The molecule has 1 N–H and O–H groups in total. The van der Waals surface area contributed by atoms with Crippen molar-refractivity contribution in [3.05, 3.63) is 65.2 Å². The Morgan fingerprint density at radius 1 is 1.26 bits per heavy atom. The summed E-state index contributed by atoms with van der Waals surface area (Å²) in [7, 11) is 0. The van der Waals surface area contributed by atoms with Crippen LogP contribution in [-0.2, 0) is 6.42 Å². The fourth-order valence-electron chi connectivity index (χ4n) is 2.24. The van der Waals surface area contributed by atoms with E-state index in [1.54, 1.807) is 12.1 Å². The third-order valence-electron chi connectivity index (χ3n) is 3.10. The lowest BCUT2D eigenvalue weighted by Crippen LogP contribution is -2.23. The number of benzene rings is 1. The maximum atomic E-state index is 13.2. The first-order valence-electron chi connectivity index (χ1n) is 6.59. The van der Waals surface area contributed by atoms with Gasteiger partial charge in [-0.15, -0.1) is 0 Å². The molecule has 1 unspecified atom stereocenters. The normalized spacial score (nSPS) is 12.4. The predicted molar refractivity (Wildman–Crippen MR) is 75.5 cm³/mol. The van der Waals surface area contributed by atoms with Crippen LogP contribution in [0.1, 0.15) is 29.8 Å². The molecule has 0 radical (unpaired) electrons. The van der Waals surface area contributed by atoms with E-state index in [2.05, 4.69) is 23.3 Å². The van der Waals surface area contributed by atoms with Gasteiger partial charge in [-0.25, -0.2) is 4.39 Å². The van der Waals surface area contributed by atoms with E-state index in [0.717, 1.165) is 24.2 Å². The van der Waals surface area contributed by atoms with E-state index in [-0.39, 0.29) is 11.9 Å². The first kappa shape index (κ1) is 13.7. The smallest absolute Gasteiger partial charge is 0.123 e. The average Bonchev–Trinajstić information content (AvgIpc) is 2.38. The largest absolute Gasteiger partial charge is 0.310 e. The summed E-state index contributed by atoms with van der Waals surface area (Å²) in [4.78, 5) is 4.22. The minimum atomic E-state index is -0.182. The second-order valence-corrected chi connectivity index (χ2v) is 4.67. The molecule has 19 heavy (non-hydrogen) atoms. The van der Waals surface area contributed by atoms with Crippen LogP contribution in [0.25, 0.3) is 0 Å². The van der Waals surface area contributed by atoms with Gasteiger partial charge in [0, 0.05) is 17.9 Å². The predicted octanol–water partition coefficient (Wildman–Crippen LogP) is 3.42. The Morgan fingerprint density at radius 2 is 2.11 bits per heavy atom. The van der Waals surface area contributed by atoms with Crippen LogP contribution in [0.4, 0.5) is 4.39 Å². The monoisotopic (exact) mass is 258 g/mol. The lowest BCUT2D eigenvalue weighted by Gasteiger charge is -2.19. The lowest BCUT2D eigenvalue weighted by atomic mass is 9.99. The van der Waals surface area contributed by atoms with E-state index in [1.807, 2.05) is 25.3 Å². The lowest BCUT2D eigenvalue weighted by molar-refractivity contribution is 0.546. The van der Waals surface area contributed by atoms with E-state index in [0.29, 0.717) is 0 Å². The quantitative estimate of drug-likeness (QED) is 0.888. The molecule has 0 spiro atoms. The number of halogens is 1. The summed E-state index contributed by atoms with van der Waals surface area (Å²) in [6, 6.07) is 11.1. The molecule has 0 amide bonds. The minimum Gasteiger partial charge on any atom is -0.310 e. The van der Waals surface area contributed by atoms with Crippen LogP contribution in [0.5, 0.6) is 0 Å². The van der Waals surface area contributed by atoms with Gasteiger partial charge in [0.2, 0.25) is 0 Å². The van der Waals surface area contributed by atoms with Crippen molar-refractivity contribution in [3.63, 3.8) is 0 Å².